The van der Waals surface area contributed by atoms with Crippen molar-refractivity contribution in [2.75, 3.05) is 19.6 Å². The summed E-state index contributed by atoms with van der Waals surface area (Å²) in [5.74, 6) is -0.364. The van der Waals surface area contributed by atoms with E-state index >= 15 is 0 Å². The number of pyridine rings is 1. The van der Waals surface area contributed by atoms with Gasteiger partial charge in [0, 0.05) is 25.8 Å². The molecule has 0 unspecified atom stereocenters. The summed E-state index contributed by atoms with van der Waals surface area (Å²) in [4.78, 5) is 18.4. The lowest BCUT2D eigenvalue weighted by Gasteiger charge is -2.37. The van der Waals surface area contributed by atoms with Crippen molar-refractivity contribution in [3.05, 3.63) is 65.7 Å². The fourth-order valence-corrected chi connectivity index (χ4v) is 3.04. The van der Waals surface area contributed by atoms with Crippen LogP contribution in [-0.4, -0.2) is 40.5 Å². The van der Waals surface area contributed by atoms with Crippen molar-refractivity contribution < 1.29 is 14.3 Å². The Hall–Kier alpha value is -2.31. The summed E-state index contributed by atoms with van der Waals surface area (Å²) in [6.07, 6.45) is 2.78. The molecule has 1 fully saturated rings. The van der Waals surface area contributed by atoms with E-state index in [1.807, 2.05) is 23.1 Å². The van der Waals surface area contributed by atoms with Crippen molar-refractivity contribution in [3.63, 3.8) is 0 Å². The van der Waals surface area contributed by atoms with E-state index in [1.165, 1.54) is 12.1 Å². The van der Waals surface area contributed by atoms with Gasteiger partial charge < -0.3 is 10.4 Å². The third kappa shape index (κ3) is 4.61. The Morgan fingerprint density at radius 1 is 1.20 bits per heavy atom. The number of likely N-dealkylation sites (tertiary alicyclic amines) is 1. The fraction of sp³-hybridized carbons (Fsp3) is 0.368. The Labute approximate surface area is 146 Å². The second kappa shape index (κ2) is 7.72. The summed E-state index contributed by atoms with van der Waals surface area (Å²) in [5, 5.41) is 13.6. The standard InChI is InChI=1S/C19H22FN3O2/c20-16-6-4-15(5-7-16)13-22-18(24)14-23-11-8-19(25,9-12-23)17-3-1-2-10-21-17/h1-7,10,25H,8-9,11-14H2,(H,22,24). The summed E-state index contributed by atoms with van der Waals surface area (Å²) in [6.45, 7) is 1.94. The Morgan fingerprint density at radius 2 is 1.92 bits per heavy atom. The third-order valence-electron chi connectivity index (χ3n) is 4.60. The molecule has 0 radical (unpaired) electrons. The first-order chi connectivity index (χ1) is 12.0. The zero-order chi connectivity index (χ0) is 17.7. The number of hydrogen-bond acceptors (Lipinski definition) is 4. The number of aromatic nitrogens is 1. The highest BCUT2D eigenvalue weighted by Crippen LogP contribution is 2.31. The van der Waals surface area contributed by atoms with E-state index in [2.05, 4.69) is 10.3 Å². The zero-order valence-corrected chi connectivity index (χ0v) is 14.0. The van der Waals surface area contributed by atoms with Gasteiger partial charge in [-0.15, -0.1) is 0 Å². The van der Waals surface area contributed by atoms with Crippen LogP contribution in [0.25, 0.3) is 0 Å². The monoisotopic (exact) mass is 343 g/mol. The molecular weight excluding hydrogens is 321 g/mol. The number of amides is 1. The predicted octanol–water partition coefficient (Wildman–Crippen LogP) is 1.82. The van der Waals surface area contributed by atoms with Gasteiger partial charge in [-0.25, -0.2) is 4.39 Å². The number of nitrogens with one attached hydrogen (secondary N) is 1. The van der Waals surface area contributed by atoms with Crippen molar-refractivity contribution in [1.82, 2.24) is 15.2 Å². The highest BCUT2D eigenvalue weighted by atomic mass is 19.1. The predicted molar refractivity (Wildman–Crippen MR) is 92.1 cm³/mol. The molecule has 0 saturated carbocycles. The minimum atomic E-state index is -0.914. The van der Waals surface area contributed by atoms with Crippen LogP contribution in [-0.2, 0) is 16.9 Å². The van der Waals surface area contributed by atoms with E-state index in [9.17, 15) is 14.3 Å². The molecule has 2 aromatic rings. The van der Waals surface area contributed by atoms with Crippen LogP contribution < -0.4 is 5.32 Å². The number of aliphatic hydroxyl groups is 1. The average molecular weight is 343 g/mol. The Balaban J connectivity index is 1.45. The van der Waals surface area contributed by atoms with E-state index in [-0.39, 0.29) is 11.7 Å². The van der Waals surface area contributed by atoms with Gasteiger partial charge >= 0.3 is 0 Å². The van der Waals surface area contributed by atoms with E-state index in [0.717, 1.165) is 5.56 Å². The SMILES string of the molecule is O=C(CN1CCC(O)(c2ccccn2)CC1)NCc1ccc(F)cc1. The summed E-state index contributed by atoms with van der Waals surface area (Å²) < 4.78 is 12.9. The van der Waals surface area contributed by atoms with Crippen LogP contribution in [0.5, 0.6) is 0 Å². The highest BCUT2D eigenvalue weighted by Gasteiger charge is 2.35. The molecule has 1 aliphatic rings. The van der Waals surface area contributed by atoms with Crippen LogP contribution in [0.2, 0.25) is 0 Å². The number of piperidine rings is 1. The maximum Gasteiger partial charge on any atom is 0.234 e. The first-order valence-corrected chi connectivity index (χ1v) is 8.43. The van der Waals surface area contributed by atoms with Gasteiger partial charge in [-0.2, -0.15) is 0 Å². The normalized spacial score (nSPS) is 17.2. The lowest BCUT2D eigenvalue weighted by atomic mass is 9.88. The van der Waals surface area contributed by atoms with E-state index in [4.69, 9.17) is 0 Å². The van der Waals surface area contributed by atoms with Crippen LogP contribution in [0, 0.1) is 5.82 Å². The largest absolute Gasteiger partial charge is 0.383 e. The molecule has 25 heavy (non-hydrogen) atoms. The van der Waals surface area contributed by atoms with E-state index in [0.29, 0.717) is 44.7 Å². The van der Waals surface area contributed by atoms with Crippen molar-refractivity contribution in [2.24, 2.45) is 0 Å². The topological polar surface area (TPSA) is 65.5 Å². The summed E-state index contributed by atoms with van der Waals surface area (Å²) >= 11 is 0. The molecular formula is C19H22FN3O2. The van der Waals surface area contributed by atoms with Crippen LogP contribution in [0.3, 0.4) is 0 Å². The Kier molecular flexibility index (Phi) is 5.40. The highest BCUT2D eigenvalue weighted by molar-refractivity contribution is 5.78. The second-order valence-electron chi connectivity index (χ2n) is 6.43. The van der Waals surface area contributed by atoms with Crippen molar-refractivity contribution in [1.29, 1.82) is 0 Å². The molecule has 1 amide bonds. The lowest BCUT2D eigenvalue weighted by molar-refractivity contribution is -0.123. The minimum absolute atomic E-state index is 0.0763. The molecule has 2 N–H and O–H groups in total. The van der Waals surface area contributed by atoms with Gasteiger partial charge in [0.15, 0.2) is 0 Å². The van der Waals surface area contributed by atoms with Crippen molar-refractivity contribution in [2.45, 2.75) is 25.0 Å². The van der Waals surface area contributed by atoms with Crippen LogP contribution in [0.4, 0.5) is 4.39 Å². The molecule has 1 aromatic carbocycles. The molecule has 0 atom stereocenters. The summed E-state index contributed by atoms with van der Waals surface area (Å²) in [5.41, 5.74) is 0.635. The summed E-state index contributed by atoms with van der Waals surface area (Å²) in [6, 6.07) is 11.6. The number of halogens is 1. The van der Waals surface area contributed by atoms with Crippen LogP contribution >= 0.6 is 0 Å². The summed E-state index contributed by atoms with van der Waals surface area (Å²) in [7, 11) is 0. The second-order valence-corrected chi connectivity index (χ2v) is 6.43. The van der Waals surface area contributed by atoms with Crippen molar-refractivity contribution >= 4 is 5.91 Å². The van der Waals surface area contributed by atoms with E-state index < -0.39 is 5.60 Å². The maximum atomic E-state index is 12.9. The molecule has 2 heterocycles. The first kappa shape index (κ1) is 17.5. The van der Waals surface area contributed by atoms with Crippen LogP contribution in [0.15, 0.2) is 48.7 Å². The average Bonchev–Trinajstić information content (AvgIpc) is 2.64. The smallest absolute Gasteiger partial charge is 0.234 e. The van der Waals surface area contributed by atoms with Gasteiger partial charge in [-0.3, -0.25) is 14.7 Å². The molecule has 0 bridgehead atoms. The fourth-order valence-electron chi connectivity index (χ4n) is 3.04. The third-order valence-corrected chi connectivity index (χ3v) is 4.60. The molecule has 5 nitrogen and oxygen atoms in total. The number of nitrogens with zero attached hydrogens (tertiary/aromatic N) is 2. The zero-order valence-electron chi connectivity index (χ0n) is 14.0. The van der Waals surface area contributed by atoms with E-state index in [1.54, 1.807) is 18.3 Å². The quantitative estimate of drug-likeness (QED) is 0.869. The Bertz CT molecular complexity index is 698. The molecule has 3 rings (SSSR count). The molecule has 132 valence electrons. The molecule has 1 aliphatic heterocycles. The van der Waals surface area contributed by atoms with Gasteiger partial charge in [0.25, 0.3) is 0 Å². The van der Waals surface area contributed by atoms with Gasteiger partial charge in [0.2, 0.25) is 5.91 Å². The lowest BCUT2D eigenvalue weighted by Crippen LogP contribution is -2.46. The number of carbonyl (C=O) groups excluding carboxylic acids is 1. The van der Waals surface area contributed by atoms with Gasteiger partial charge in [0.05, 0.1) is 12.2 Å². The number of rotatable bonds is 5. The number of carbonyl (C=O) groups is 1. The number of benzene rings is 1. The molecule has 0 spiro atoms. The van der Waals surface area contributed by atoms with Gasteiger partial charge in [0.1, 0.15) is 11.4 Å². The van der Waals surface area contributed by atoms with Crippen LogP contribution in [0.1, 0.15) is 24.1 Å². The van der Waals surface area contributed by atoms with Gasteiger partial charge in [-0.1, -0.05) is 18.2 Å². The Morgan fingerprint density at radius 3 is 2.56 bits per heavy atom. The van der Waals surface area contributed by atoms with Gasteiger partial charge in [-0.05, 0) is 42.7 Å². The molecule has 1 aromatic heterocycles. The molecule has 1 saturated heterocycles. The number of hydrogen-bond donors (Lipinski definition) is 2. The first-order valence-electron chi connectivity index (χ1n) is 8.43. The minimum Gasteiger partial charge on any atom is -0.383 e. The molecule has 6 heteroatoms. The molecule has 0 aliphatic carbocycles. The maximum absolute atomic E-state index is 12.9. The van der Waals surface area contributed by atoms with Crippen molar-refractivity contribution in [3.8, 4) is 0 Å².